The lowest BCUT2D eigenvalue weighted by molar-refractivity contribution is -0.384. The molecular weight excluding hydrogens is 396 g/mol. The van der Waals surface area contributed by atoms with Crippen molar-refractivity contribution in [1.29, 1.82) is 0 Å². The monoisotopic (exact) mass is 414 g/mol. The van der Waals surface area contributed by atoms with E-state index in [1.165, 1.54) is 29.1 Å². The van der Waals surface area contributed by atoms with Crippen LogP contribution < -0.4 is 10.1 Å². The number of halogens is 1. The number of nitrogens with zero attached hydrogens (tertiary/aromatic N) is 3. The van der Waals surface area contributed by atoms with Gasteiger partial charge in [0.15, 0.2) is 0 Å². The number of rotatable bonds is 6. The number of aromatic nitrogens is 2. The third-order valence-corrected chi connectivity index (χ3v) is 4.67. The number of hydrogen-bond acceptors (Lipinski definition) is 5. The molecule has 0 aliphatic heterocycles. The third-order valence-electron chi connectivity index (χ3n) is 4.29. The Bertz CT molecular complexity index is 1090. The number of anilines is 1. The summed E-state index contributed by atoms with van der Waals surface area (Å²) in [4.78, 5) is 23.1. The number of non-ortho nitro benzene ring substituents is 1. The van der Waals surface area contributed by atoms with Crippen LogP contribution in [0.5, 0.6) is 11.5 Å². The molecule has 3 aromatic rings. The van der Waals surface area contributed by atoms with Crippen molar-refractivity contribution in [3.63, 3.8) is 0 Å². The van der Waals surface area contributed by atoms with E-state index in [4.69, 9.17) is 16.3 Å². The average Bonchev–Trinajstić information content (AvgIpc) is 2.96. The van der Waals surface area contributed by atoms with Gasteiger partial charge in [0.05, 0.1) is 33.6 Å². The van der Waals surface area contributed by atoms with Crippen LogP contribution in [0, 0.1) is 30.9 Å². The summed E-state index contributed by atoms with van der Waals surface area (Å²) in [5.74, 6) is 0.442. The molecule has 0 aliphatic rings. The fourth-order valence-corrected chi connectivity index (χ4v) is 2.82. The zero-order valence-corrected chi connectivity index (χ0v) is 16.9. The molecule has 9 heteroatoms. The number of nitro groups is 1. The largest absolute Gasteiger partial charge is 0.457 e. The standard InChI is InChI=1S/C20H19ClN4O4/c1-12-4-5-13(2)19(6-12)29-17-8-15(7-16(9-17)25(27)28)23-20(26)11-24-14(3)18(21)10-22-24/h4-10H,11H2,1-3H3,(H,23,26). The van der Waals surface area contributed by atoms with Crippen LogP contribution in [0.25, 0.3) is 0 Å². The van der Waals surface area contributed by atoms with Crippen molar-refractivity contribution in [2.75, 3.05) is 5.32 Å². The topological polar surface area (TPSA) is 99.3 Å². The van der Waals surface area contributed by atoms with Crippen molar-refractivity contribution >= 4 is 28.9 Å². The second-order valence-corrected chi connectivity index (χ2v) is 7.03. The lowest BCUT2D eigenvalue weighted by atomic mass is 10.1. The second-order valence-electron chi connectivity index (χ2n) is 6.63. The Balaban J connectivity index is 1.84. The van der Waals surface area contributed by atoms with E-state index >= 15 is 0 Å². The van der Waals surface area contributed by atoms with E-state index in [1.54, 1.807) is 6.92 Å². The molecule has 2 aromatic carbocycles. The number of aryl methyl sites for hydroxylation is 2. The SMILES string of the molecule is Cc1ccc(C)c(Oc2cc(NC(=O)Cn3ncc(Cl)c3C)cc([N+](=O)[O-])c2)c1. The molecule has 8 nitrogen and oxygen atoms in total. The molecule has 0 unspecified atom stereocenters. The van der Waals surface area contributed by atoms with Crippen LogP contribution >= 0.6 is 11.6 Å². The Kier molecular flexibility index (Phi) is 5.84. The first kappa shape index (κ1) is 20.3. The molecular formula is C20H19ClN4O4. The summed E-state index contributed by atoms with van der Waals surface area (Å²) >= 11 is 5.94. The van der Waals surface area contributed by atoms with Crippen molar-refractivity contribution < 1.29 is 14.5 Å². The van der Waals surface area contributed by atoms with E-state index in [0.717, 1.165) is 11.1 Å². The number of nitrogens with one attached hydrogen (secondary N) is 1. The minimum Gasteiger partial charge on any atom is -0.457 e. The highest BCUT2D eigenvalue weighted by atomic mass is 35.5. The van der Waals surface area contributed by atoms with E-state index in [9.17, 15) is 14.9 Å². The summed E-state index contributed by atoms with van der Waals surface area (Å²) in [7, 11) is 0. The van der Waals surface area contributed by atoms with Gasteiger partial charge >= 0.3 is 0 Å². The lowest BCUT2D eigenvalue weighted by Gasteiger charge is -2.12. The van der Waals surface area contributed by atoms with Gasteiger partial charge in [0, 0.05) is 12.1 Å². The van der Waals surface area contributed by atoms with Gasteiger partial charge in [-0.3, -0.25) is 19.6 Å². The minimum absolute atomic E-state index is 0.0750. The van der Waals surface area contributed by atoms with Crippen molar-refractivity contribution in [3.8, 4) is 11.5 Å². The predicted octanol–water partition coefficient (Wildman–Crippen LogP) is 4.80. The third kappa shape index (κ3) is 4.91. The summed E-state index contributed by atoms with van der Waals surface area (Å²) in [5, 5.41) is 18.4. The molecule has 1 amide bonds. The van der Waals surface area contributed by atoms with Gasteiger partial charge in [0.25, 0.3) is 5.69 Å². The number of amides is 1. The molecule has 0 aliphatic carbocycles. The van der Waals surface area contributed by atoms with Gasteiger partial charge in [-0.05, 0) is 38.0 Å². The Morgan fingerprint density at radius 1 is 1.24 bits per heavy atom. The van der Waals surface area contributed by atoms with Crippen molar-refractivity contribution in [2.24, 2.45) is 0 Å². The summed E-state index contributed by atoms with van der Waals surface area (Å²) in [5.41, 5.74) is 2.60. The van der Waals surface area contributed by atoms with Crippen molar-refractivity contribution in [2.45, 2.75) is 27.3 Å². The second kappa shape index (κ2) is 8.32. The van der Waals surface area contributed by atoms with E-state index in [2.05, 4.69) is 10.4 Å². The number of ether oxygens (including phenoxy) is 1. The molecule has 0 saturated carbocycles. The van der Waals surface area contributed by atoms with Gasteiger partial charge in [0.1, 0.15) is 18.0 Å². The Morgan fingerprint density at radius 3 is 2.66 bits per heavy atom. The first-order valence-electron chi connectivity index (χ1n) is 8.75. The molecule has 0 fully saturated rings. The zero-order valence-electron chi connectivity index (χ0n) is 16.1. The number of carbonyl (C=O) groups is 1. The van der Waals surface area contributed by atoms with Gasteiger partial charge in [-0.1, -0.05) is 23.7 Å². The molecule has 0 atom stereocenters. The molecule has 0 spiro atoms. The van der Waals surface area contributed by atoms with Crippen LogP contribution in [0.1, 0.15) is 16.8 Å². The van der Waals surface area contributed by atoms with Crippen LogP contribution in [0.2, 0.25) is 5.02 Å². The van der Waals surface area contributed by atoms with Gasteiger partial charge in [-0.2, -0.15) is 5.10 Å². The molecule has 150 valence electrons. The maximum absolute atomic E-state index is 12.4. The molecule has 0 saturated heterocycles. The highest BCUT2D eigenvalue weighted by Crippen LogP contribution is 2.31. The van der Waals surface area contributed by atoms with Crippen LogP contribution in [-0.2, 0) is 11.3 Å². The molecule has 29 heavy (non-hydrogen) atoms. The number of hydrogen-bond donors (Lipinski definition) is 1. The summed E-state index contributed by atoms with van der Waals surface area (Å²) in [6, 6.07) is 9.82. The first-order chi connectivity index (χ1) is 13.7. The average molecular weight is 415 g/mol. The Hall–Kier alpha value is -3.39. The fraction of sp³-hybridized carbons (Fsp3) is 0.200. The Labute approximate surface area is 172 Å². The smallest absolute Gasteiger partial charge is 0.275 e. The summed E-state index contributed by atoms with van der Waals surface area (Å²) in [6.45, 7) is 5.47. The number of benzene rings is 2. The van der Waals surface area contributed by atoms with E-state index in [-0.39, 0.29) is 23.7 Å². The number of carbonyl (C=O) groups excluding carboxylic acids is 1. The van der Waals surface area contributed by atoms with Crippen LogP contribution in [0.4, 0.5) is 11.4 Å². The maximum atomic E-state index is 12.4. The van der Waals surface area contributed by atoms with Crippen LogP contribution in [0.15, 0.2) is 42.6 Å². The molecule has 1 N–H and O–H groups in total. The van der Waals surface area contributed by atoms with Gasteiger partial charge in [-0.25, -0.2) is 0 Å². The zero-order chi connectivity index (χ0) is 21.1. The van der Waals surface area contributed by atoms with E-state index in [0.29, 0.717) is 16.5 Å². The quantitative estimate of drug-likeness (QED) is 0.461. The highest BCUT2D eigenvalue weighted by molar-refractivity contribution is 6.31. The Morgan fingerprint density at radius 2 is 2.00 bits per heavy atom. The molecule has 0 bridgehead atoms. The molecule has 0 radical (unpaired) electrons. The summed E-state index contributed by atoms with van der Waals surface area (Å²) in [6.07, 6.45) is 1.45. The number of nitro benzene ring substituents is 1. The van der Waals surface area contributed by atoms with Crippen LogP contribution in [0.3, 0.4) is 0 Å². The summed E-state index contributed by atoms with van der Waals surface area (Å²) < 4.78 is 7.30. The van der Waals surface area contributed by atoms with Gasteiger partial charge in [-0.15, -0.1) is 0 Å². The highest BCUT2D eigenvalue weighted by Gasteiger charge is 2.15. The molecule has 1 heterocycles. The van der Waals surface area contributed by atoms with Gasteiger partial charge in [0.2, 0.25) is 5.91 Å². The molecule has 3 rings (SSSR count). The van der Waals surface area contributed by atoms with Crippen molar-refractivity contribution in [3.05, 3.63) is 74.6 Å². The maximum Gasteiger partial charge on any atom is 0.275 e. The normalized spacial score (nSPS) is 10.6. The lowest BCUT2D eigenvalue weighted by Crippen LogP contribution is -2.20. The van der Waals surface area contributed by atoms with E-state index < -0.39 is 10.8 Å². The van der Waals surface area contributed by atoms with E-state index in [1.807, 2.05) is 32.0 Å². The first-order valence-corrected chi connectivity index (χ1v) is 9.13. The van der Waals surface area contributed by atoms with Gasteiger partial charge < -0.3 is 10.1 Å². The molecule has 1 aromatic heterocycles. The minimum atomic E-state index is -0.539. The predicted molar refractivity (Wildman–Crippen MR) is 110 cm³/mol. The fourth-order valence-electron chi connectivity index (χ4n) is 2.68. The van der Waals surface area contributed by atoms with Crippen molar-refractivity contribution in [1.82, 2.24) is 9.78 Å². The van der Waals surface area contributed by atoms with Crippen LogP contribution in [-0.4, -0.2) is 20.6 Å².